The standard InChI is InChI=1S/C24H22FN3O/c25-20-11-5-7-13-22(20)28-16-26-23-18-10-4-6-12-21(18)27(15-19(23)24(28)29)14-17-8-2-1-3-9-17/h1-13,18-19,21H,14-16H2. The van der Waals surface area contributed by atoms with E-state index in [2.05, 4.69) is 35.3 Å². The molecule has 0 radical (unpaired) electrons. The number of anilines is 1. The summed E-state index contributed by atoms with van der Waals surface area (Å²) in [6, 6.07) is 16.9. The number of aliphatic imine (C=N–C) groups is 1. The van der Waals surface area contributed by atoms with Crippen LogP contribution < -0.4 is 4.90 Å². The van der Waals surface area contributed by atoms with E-state index in [0.717, 1.165) is 12.3 Å². The first-order valence-electron chi connectivity index (χ1n) is 9.95. The predicted octanol–water partition coefficient (Wildman–Crippen LogP) is 3.81. The average Bonchev–Trinajstić information content (AvgIpc) is 2.76. The molecule has 0 spiro atoms. The Labute approximate surface area is 169 Å². The topological polar surface area (TPSA) is 35.9 Å². The molecule has 2 heterocycles. The van der Waals surface area contributed by atoms with Crippen molar-refractivity contribution in [3.8, 4) is 0 Å². The van der Waals surface area contributed by atoms with Crippen LogP contribution in [-0.4, -0.2) is 35.8 Å². The molecule has 5 rings (SSSR count). The smallest absolute Gasteiger partial charge is 0.238 e. The third-order valence-corrected chi connectivity index (χ3v) is 5.97. The fourth-order valence-electron chi connectivity index (χ4n) is 4.58. The number of nitrogens with zero attached hydrogens (tertiary/aromatic N) is 3. The van der Waals surface area contributed by atoms with Gasteiger partial charge in [-0.05, 0) is 17.7 Å². The second-order valence-electron chi connectivity index (χ2n) is 7.70. The minimum Gasteiger partial charge on any atom is -0.291 e. The van der Waals surface area contributed by atoms with E-state index in [0.29, 0.717) is 12.2 Å². The Bertz CT molecular complexity index is 1010. The predicted molar refractivity (Wildman–Crippen MR) is 112 cm³/mol. The summed E-state index contributed by atoms with van der Waals surface area (Å²) in [6.45, 7) is 1.51. The highest BCUT2D eigenvalue weighted by Crippen LogP contribution is 2.35. The molecule has 0 N–H and O–H groups in total. The number of piperidine rings is 1. The highest BCUT2D eigenvalue weighted by Gasteiger charge is 2.45. The number of benzene rings is 2. The second kappa shape index (κ2) is 7.41. The van der Waals surface area contributed by atoms with Crippen molar-refractivity contribution in [3.05, 3.63) is 90.3 Å². The van der Waals surface area contributed by atoms with E-state index in [1.807, 2.05) is 24.3 Å². The third kappa shape index (κ3) is 3.21. The zero-order valence-electron chi connectivity index (χ0n) is 16.0. The maximum Gasteiger partial charge on any atom is 0.238 e. The number of hydrogen-bond acceptors (Lipinski definition) is 3. The van der Waals surface area contributed by atoms with E-state index >= 15 is 0 Å². The van der Waals surface area contributed by atoms with Crippen molar-refractivity contribution in [2.24, 2.45) is 16.8 Å². The molecule has 1 saturated heterocycles. The van der Waals surface area contributed by atoms with E-state index in [9.17, 15) is 9.18 Å². The molecule has 1 amide bonds. The Balaban J connectivity index is 1.48. The highest BCUT2D eigenvalue weighted by atomic mass is 19.1. The molecule has 4 nitrogen and oxygen atoms in total. The van der Waals surface area contributed by atoms with E-state index in [-0.39, 0.29) is 30.5 Å². The zero-order chi connectivity index (χ0) is 19.8. The van der Waals surface area contributed by atoms with Gasteiger partial charge in [-0.1, -0.05) is 66.8 Å². The van der Waals surface area contributed by atoms with Crippen LogP contribution in [0.4, 0.5) is 10.1 Å². The summed E-state index contributed by atoms with van der Waals surface area (Å²) in [4.78, 5) is 22.0. The van der Waals surface area contributed by atoms with Gasteiger partial charge < -0.3 is 0 Å². The molecule has 0 bridgehead atoms. The summed E-state index contributed by atoms with van der Waals surface area (Å²) < 4.78 is 14.3. The molecule has 5 heteroatoms. The van der Waals surface area contributed by atoms with Crippen molar-refractivity contribution in [1.82, 2.24) is 4.90 Å². The number of carbonyl (C=O) groups excluding carboxylic acids is 1. The molecule has 0 saturated carbocycles. The maximum atomic E-state index is 14.3. The Morgan fingerprint density at radius 3 is 2.59 bits per heavy atom. The Morgan fingerprint density at radius 2 is 1.76 bits per heavy atom. The van der Waals surface area contributed by atoms with Crippen molar-refractivity contribution >= 4 is 17.3 Å². The largest absolute Gasteiger partial charge is 0.291 e. The Morgan fingerprint density at radius 1 is 1.00 bits per heavy atom. The third-order valence-electron chi connectivity index (χ3n) is 5.97. The number of carbonyl (C=O) groups is 1. The number of allylic oxidation sites excluding steroid dienone is 2. The molecular formula is C24H22FN3O. The van der Waals surface area contributed by atoms with Crippen LogP contribution in [0.1, 0.15) is 5.56 Å². The first kappa shape index (κ1) is 18.0. The molecule has 0 aromatic heterocycles. The van der Waals surface area contributed by atoms with Crippen LogP contribution in [0, 0.1) is 17.7 Å². The lowest BCUT2D eigenvalue weighted by molar-refractivity contribution is -0.122. The lowest BCUT2D eigenvalue weighted by atomic mass is 9.77. The Hall–Kier alpha value is -3.05. The number of hydrogen-bond donors (Lipinski definition) is 0. The summed E-state index contributed by atoms with van der Waals surface area (Å²) in [6.07, 6.45) is 8.43. The van der Waals surface area contributed by atoms with Crippen LogP contribution in [0.25, 0.3) is 0 Å². The normalized spacial score (nSPS) is 26.1. The van der Waals surface area contributed by atoms with Crippen molar-refractivity contribution in [3.63, 3.8) is 0 Å². The summed E-state index contributed by atoms with van der Waals surface area (Å²) in [5.41, 5.74) is 2.44. The van der Waals surface area contributed by atoms with Gasteiger partial charge in [0.2, 0.25) is 5.91 Å². The SMILES string of the molecule is O=C1C2CN(Cc3ccccc3)C3C=CC=CC3C2=NCN1c1ccccc1F. The quantitative estimate of drug-likeness (QED) is 0.803. The molecule has 29 heavy (non-hydrogen) atoms. The molecule has 3 unspecified atom stereocenters. The summed E-state index contributed by atoms with van der Waals surface area (Å²) in [5, 5.41) is 0. The van der Waals surface area contributed by atoms with Crippen LogP contribution in [0.15, 0.2) is 83.9 Å². The molecular weight excluding hydrogens is 365 g/mol. The fraction of sp³-hybridized carbons (Fsp3) is 0.250. The van der Waals surface area contributed by atoms with Gasteiger partial charge in [0, 0.05) is 30.8 Å². The van der Waals surface area contributed by atoms with Gasteiger partial charge in [-0.2, -0.15) is 0 Å². The van der Waals surface area contributed by atoms with Gasteiger partial charge >= 0.3 is 0 Å². The highest BCUT2D eigenvalue weighted by molar-refractivity contribution is 6.14. The molecule has 2 aliphatic heterocycles. The number of para-hydroxylation sites is 1. The summed E-state index contributed by atoms with van der Waals surface area (Å²) >= 11 is 0. The molecule has 3 aliphatic rings. The van der Waals surface area contributed by atoms with Crippen LogP contribution in [0.2, 0.25) is 0 Å². The minimum atomic E-state index is -0.394. The van der Waals surface area contributed by atoms with Crippen molar-refractivity contribution < 1.29 is 9.18 Å². The van der Waals surface area contributed by atoms with Gasteiger partial charge in [0.15, 0.2) is 0 Å². The summed E-state index contributed by atoms with van der Waals surface area (Å²) in [5.74, 6) is -0.743. The number of amides is 1. The number of rotatable bonds is 3. The average molecular weight is 387 g/mol. The monoisotopic (exact) mass is 387 g/mol. The molecule has 2 aromatic carbocycles. The zero-order valence-corrected chi connectivity index (χ0v) is 16.0. The van der Waals surface area contributed by atoms with E-state index in [1.54, 1.807) is 18.2 Å². The number of fused-ring (bicyclic) bond motifs is 3. The van der Waals surface area contributed by atoms with Gasteiger partial charge in [0.05, 0.1) is 11.6 Å². The minimum absolute atomic E-state index is 0.0698. The molecule has 3 atom stereocenters. The first-order chi connectivity index (χ1) is 14.2. The molecule has 146 valence electrons. The molecule has 1 fully saturated rings. The number of likely N-dealkylation sites (tertiary alicyclic amines) is 1. The van der Waals surface area contributed by atoms with Gasteiger partial charge in [-0.25, -0.2) is 4.39 Å². The number of halogens is 1. The molecule has 1 aliphatic carbocycles. The van der Waals surface area contributed by atoms with E-state index in [4.69, 9.17) is 4.99 Å². The first-order valence-corrected chi connectivity index (χ1v) is 9.95. The lowest BCUT2D eigenvalue weighted by Crippen LogP contribution is -2.59. The summed E-state index contributed by atoms with van der Waals surface area (Å²) in [7, 11) is 0. The van der Waals surface area contributed by atoms with E-state index in [1.165, 1.54) is 16.5 Å². The molecule has 2 aromatic rings. The van der Waals surface area contributed by atoms with Crippen LogP contribution in [-0.2, 0) is 11.3 Å². The van der Waals surface area contributed by atoms with Gasteiger partial charge in [0.1, 0.15) is 12.5 Å². The Kier molecular flexibility index (Phi) is 4.60. The van der Waals surface area contributed by atoms with Crippen LogP contribution in [0.3, 0.4) is 0 Å². The van der Waals surface area contributed by atoms with Crippen LogP contribution in [0.5, 0.6) is 0 Å². The second-order valence-corrected chi connectivity index (χ2v) is 7.70. The van der Waals surface area contributed by atoms with Crippen molar-refractivity contribution in [2.45, 2.75) is 12.6 Å². The van der Waals surface area contributed by atoms with Crippen molar-refractivity contribution in [2.75, 3.05) is 18.1 Å². The van der Waals surface area contributed by atoms with Gasteiger partial charge in [-0.3, -0.25) is 19.6 Å². The fourth-order valence-corrected chi connectivity index (χ4v) is 4.58. The van der Waals surface area contributed by atoms with Gasteiger partial charge in [-0.15, -0.1) is 0 Å². The lowest BCUT2D eigenvalue weighted by Gasteiger charge is -2.46. The van der Waals surface area contributed by atoms with E-state index < -0.39 is 5.82 Å². The van der Waals surface area contributed by atoms with Gasteiger partial charge in [0.25, 0.3) is 0 Å². The van der Waals surface area contributed by atoms with Crippen molar-refractivity contribution in [1.29, 1.82) is 0 Å². The van der Waals surface area contributed by atoms with Crippen LogP contribution >= 0.6 is 0 Å². The maximum absolute atomic E-state index is 14.3.